The van der Waals surface area contributed by atoms with E-state index in [0.29, 0.717) is 19.1 Å². The Kier molecular flexibility index (Phi) is 3.17. The first kappa shape index (κ1) is 10.4. The lowest BCUT2D eigenvalue weighted by Crippen LogP contribution is -2.11. The second-order valence-electron chi connectivity index (χ2n) is 2.99. The zero-order valence-corrected chi connectivity index (χ0v) is 9.86. The molecule has 0 atom stereocenters. The number of hydrogen-bond donors (Lipinski definition) is 1. The number of methoxy groups -OCH3 is 1. The molecule has 0 unspecified atom stereocenters. The van der Waals surface area contributed by atoms with Gasteiger partial charge in [0.15, 0.2) is 0 Å². The van der Waals surface area contributed by atoms with Gasteiger partial charge in [0.2, 0.25) is 5.95 Å². The first-order chi connectivity index (χ1) is 7.31. The van der Waals surface area contributed by atoms with Crippen molar-refractivity contribution >= 4 is 27.4 Å². The molecule has 2 aromatic heterocycles. The van der Waals surface area contributed by atoms with Crippen molar-refractivity contribution in [1.82, 2.24) is 14.6 Å². The Morgan fingerprint density at radius 3 is 3.27 bits per heavy atom. The van der Waals surface area contributed by atoms with Crippen molar-refractivity contribution in [3.63, 3.8) is 0 Å². The highest BCUT2D eigenvalue weighted by atomic mass is 79.9. The second kappa shape index (κ2) is 4.59. The molecule has 2 aromatic rings. The average molecular weight is 271 g/mol. The predicted molar refractivity (Wildman–Crippen MR) is 61.1 cm³/mol. The fourth-order valence-corrected chi connectivity index (χ4v) is 1.62. The number of anilines is 1. The van der Waals surface area contributed by atoms with E-state index in [9.17, 15) is 0 Å². The van der Waals surface area contributed by atoms with Gasteiger partial charge in [0.1, 0.15) is 0 Å². The average Bonchev–Trinajstić information content (AvgIpc) is 2.61. The van der Waals surface area contributed by atoms with E-state index in [1.165, 1.54) is 0 Å². The van der Waals surface area contributed by atoms with Crippen molar-refractivity contribution in [3.8, 4) is 0 Å². The minimum atomic E-state index is 0.600. The molecule has 1 N–H and O–H groups in total. The van der Waals surface area contributed by atoms with Crippen LogP contribution >= 0.6 is 15.9 Å². The van der Waals surface area contributed by atoms with Crippen molar-refractivity contribution in [3.05, 3.63) is 22.9 Å². The maximum Gasteiger partial charge on any atom is 0.241 e. The Labute approximate surface area is 95.6 Å². The van der Waals surface area contributed by atoms with Crippen LogP contribution in [0.4, 0.5) is 5.95 Å². The summed E-state index contributed by atoms with van der Waals surface area (Å²) in [5.74, 6) is 0.600. The summed E-state index contributed by atoms with van der Waals surface area (Å²) < 4.78 is 7.68. The van der Waals surface area contributed by atoms with E-state index >= 15 is 0 Å². The van der Waals surface area contributed by atoms with Gasteiger partial charge in [0, 0.05) is 24.3 Å². The number of halogens is 1. The van der Waals surface area contributed by atoms with Gasteiger partial charge >= 0.3 is 0 Å². The van der Waals surface area contributed by atoms with E-state index in [1.54, 1.807) is 17.8 Å². The number of nitrogens with zero attached hydrogens (tertiary/aromatic N) is 3. The highest BCUT2D eigenvalue weighted by molar-refractivity contribution is 9.10. The fourth-order valence-electron chi connectivity index (χ4n) is 1.22. The molecule has 0 saturated carbocycles. The quantitative estimate of drug-likeness (QED) is 0.857. The van der Waals surface area contributed by atoms with Crippen LogP contribution in [0.5, 0.6) is 0 Å². The molecule has 0 radical (unpaired) electrons. The fraction of sp³-hybridized carbons (Fsp3) is 0.333. The van der Waals surface area contributed by atoms with Crippen LogP contribution in [0.15, 0.2) is 22.9 Å². The summed E-state index contributed by atoms with van der Waals surface area (Å²) in [4.78, 5) is 4.18. The van der Waals surface area contributed by atoms with Crippen LogP contribution in [0.25, 0.3) is 5.52 Å². The normalized spacial score (nSPS) is 10.8. The van der Waals surface area contributed by atoms with E-state index in [2.05, 4.69) is 31.3 Å². The number of ether oxygens (including phenoxy) is 1. The van der Waals surface area contributed by atoms with E-state index in [4.69, 9.17) is 4.74 Å². The molecule has 2 rings (SSSR count). The van der Waals surface area contributed by atoms with Crippen LogP contribution in [0.3, 0.4) is 0 Å². The molecule has 0 spiro atoms. The van der Waals surface area contributed by atoms with Gasteiger partial charge in [0.05, 0.1) is 18.3 Å². The molecule has 80 valence electrons. The Bertz CT molecular complexity index is 456. The third kappa shape index (κ3) is 2.27. The molecule has 0 aliphatic carbocycles. The third-order valence-electron chi connectivity index (χ3n) is 1.95. The summed E-state index contributed by atoms with van der Waals surface area (Å²) in [6.45, 7) is 1.33. The summed E-state index contributed by atoms with van der Waals surface area (Å²) in [7, 11) is 1.66. The Morgan fingerprint density at radius 2 is 2.47 bits per heavy atom. The second-order valence-corrected chi connectivity index (χ2v) is 3.85. The summed E-state index contributed by atoms with van der Waals surface area (Å²) in [5.41, 5.74) is 0.951. The highest BCUT2D eigenvalue weighted by Gasteiger charge is 2.02. The van der Waals surface area contributed by atoms with Crippen LogP contribution < -0.4 is 5.32 Å². The monoisotopic (exact) mass is 270 g/mol. The summed E-state index contributed by atoms with van der Waals surface area (Å²) >= 11 is 3.41. The minimum Gasteiger partial charge on any atom is -0.383 e. The summed E-state index contributed by atoms with van der Waals surface area (Å²) in [6, 6.07) is 1.93. The summed E-state index contributed by atoms with van der Waals surface area (Å²) in [6.07, 6.45) is 3.65. The molecule has 0 saturated heterocycles. The Hall–Kier alpha value is -1.14. The first-order valence-corrected chi connectivity index (χ1v) is 5.33. The Morgan fingerprint density at radius 1 is 1.60 bits per heavy atom. The van der Waals surface area contributed by atoms with Crippen molar-refractivity contribution < 1.29 is 4.74 Å². The van der Waals surface area contributed by atoms with Gasteiger partial charge in [-0.25, -0.2) is 9.50 Å². The molecule has 15 heavy (non-hydrogen) atoms. The molecular formula is C9H11BrN4O. The maximum absolute atomic E-state index is 4.92. The first-order valence-electron chi connectivity index (χ1n) is 4.54. The lowest BCUT2D eigenvalue weighted by Gasteiger charge is -2.03. The van der Waals surface area contributed by atoms with Crippen LogP contribution in [0.2, 0.25) is 0 Å². The molecular weight excluding hydrogens is 260 g/mol. The van der Waals surface area contributed by atoms with Gasteiger partial charge in [-0.1, -0.05) is 0 Å². The predicted octanol–water partition coefficient (Wildman–Crippen LogP) is 1.55. The molecule has 0 aliphatic rings. The zero-order valence-electron chi connectivity index (χ0n) is 8.27. The van der Waals surface area contributed by atoms with Gasteiger partial charge in [-0.3, -0.25) is 0 Å². The van der Waals surface area contributed by atoms with Crippen LogP contribution in [0.1, 0.15) is 0 Å². The van der Waals surface area contributed by atoms with Crippen LogP contribution in [-0.2, 0) is 4.74 Å². The van der Waals surface area contributed by atoms with E-state index < -0.39 is 0 Å². The smallest absolute Gasteiger partial charge is 0.241 e. The van der Waals surface area contributed by atoms with Gasteiger partial charge < -0.3 is 10.1 Å². The van der Waals surface area contributed by atoms with Crippen molar-refractivity contribution in [2.45, 2.75) is 0 Å². The van der Waals surface area contributed by atoms with Crippen molar-refractivity contribution in [1.29, 1.82) is 0 Å². The SMILES string of the molecule is COCCNc1ncc2c(Br)ccn2n1. The van der Waals surface area contributed by atoms with Gasteiger partial charge in [-0.2, -0.15) is 0 Å². The standard InChI is InChI=1S/C9H11BrN4O/c1-15-5-3-11-9-12-6-8-7(10)2-4-14(8)13-9/h2,4,6H,3,5H2,1H3,(H,11,13). The third-order valence-corrected chi connectivity index (χ3v) is 2.63. The molecule has 6 heteroatoms. The number of aromatic nitrogens is 3. The zero-order chi connectivity index (χ0) is 10.7. The lowest BCUT2D eigenvalue weighted by molar-refractivity contribution is 0.210. The number of hydrogen-bond acceptors (Lipinski definition) is 4. The van der Waals surface area contributed by atoms with Gasteiger partial charge in [0.25, 0.3) is 0 Å². The lowest BCUT2D eigenvalue weighted by atomic mass is 10.5. The molecule has 0 bridgehead atoms. The van der Waals surface area contributed by atoms with Crippen molar-refractivity contribution in [2.75, 3.05) is 25.6 Å². The Balaban J connectivity index is 2.16. The molecule has 0 aliphatic heterocycles. The van der Waals surface area contributed by atoms with Crippen LogP contribution in [0, 0.1) is 0 Å². The molecule has 0 aromatic carbocycles. The molecule has 0 fully saturated rings. The maximum atomic E-state index is 4.92. The minimum absolute atomic E-state index is 0.600. The summed E-state index contributed by atoms with van der Waals surface area (Å²) in [5, 5.41) is 7.34. The molecule has 2 heterocycles. The number of nitrogens with one attached hydrogen (secondary N) is 1. The molecule has 0 amide bonds. The van der Waals surface area contributed by atoms with Crippen LogP contribution in [-0.4, -0.2) is 34.9 Å². The number of rotatable bonds is 4. The van der Waals surface area contributed by atoms with E-state index in [-0.39, 0.29) is 0 Å². The molecule has 5 nitrogen and oxygen atoms in total. The largest absolute Gasteiger partial charge is 0.383 e. The van der Waals surface area contributed by atoms with E-state index in [1.807, 2.05) is 12.3 Å². The van der Waals surface area contributed by atoms with Crippen molar-refractivity contribution in [2.24, 2.45) is 0 Å². The van der Waals surface area contributed by atoms with E-state index in [0.717, 1.165) is 9.99 Å². The topological polar surface area (TPSA) is 51.5 Å². The van der Waals surface area contributed by atoms with Gasteiger partial charge in [-0.15, -0.1) is 5.10 Å². The number of fused-ring (bicyclic) bond motifs is 1. The van der Waals surface area contributed by atoms with Gasteiger partial charge in [-0.05, 0) is 22.0 Å². The highest BCUT2D eigenvalue weighted by Crippen LogP contribution is 2.17.